The fraction of sp³-hybridized carbons (Fsp3) is 0.647. The molecule has 3 unspecified atom stereocenters. The molecular formula is C17H25FO. The lowest BCUT2D eigenvalue weighted by molar-refractivity contribution is -0.0795. The molecule has 1 aromatic carbocycles. The number of rotatable bonds is 3. The fourth-order valence-corrected chi connectivity index (χ4v) is 3.70. The predicted octanol–water partition coefficient (Wildman–Crippen LogP) is 4.19. The average Bonchev–Trinajstić information content (AvgIpc) is 2.31. The molecule has 106 valence electrons. The highest BCUT2D eigenvalue weighted by molar-refractivity contribution is 5.19. The first kappa shape index (κ1) is 14.5. The van der Waals surface area contributed by atoms with Crippen LogP contribution in [-0.2, 0) is 6.42 Å². The lowest BCUT2D eigenvalue weighted by Crippen LogP contribution is -2.47. The second kappa shape index (κ2) is 5.62. The van der Waals surface area contributed by atoms with E-state index in [0.29, 0.717) is 24.2 Å². The van der Waals surface area contributed by atoms with Crippen molar-refractivity contribution in [3.63, 3.8) is 0 Å². The molecule has 1 N–H and O–H groups in total. The van der Waals surface area contributed by atoms with E-state index in [1.54, 1.807) is 12.1 Å². The molecule has 0 saturated heterocycles. The molecule has 0 amide bonds. The van der Waals surface area contributed by atoms with Crippen molar-refractivity contribution in [3.05, 3.63) is 35.6 Å². The van der Waals surface area contributed by atoms with Gasteiger partial charge in [-0.25, -0.2) is 4.39 Å². The Morgan fingerprint density at radius 1 is 1.26 bits per heavy atom. The van der Waals surface area contributed by atoms with E-state index in [1.165, 1.54) is 18.6 Å². The van der Waals surface area contributed by atoms with Gasteiger partial charge in [0, 0.05) is 6.42 Å². The molecule has 2 heteroatoms. The molecule has 0 aliphatic heterocycles. The van der Waals surface area contributed by atoms with E-state index in [2.05, 4.69) is 20.8 Å². The largest absolute Gasteiger partial charge is 0.389 e. The van der Waals surface area contributed by atoms with E-state index < -0.39 is 5.60 Å². The Kier molecular flexibility index (Phi) is 4.29. The SMILES string of the molecule is CC1CCC(C(C)C)C(O)(Cc2ccc(F)cc2)C1. The van der Waals surface area contributed by atoms with Crippen molar-refractivity contribution < 1.29 is 9.50 Å². The molecule has 2 rings (SSSR count). The van der Waals surface area contributed by atoms with Crippen molar-refractivity contribution >= 4 is 0 Å². The van der Waals surface area contributed by atoms with Crippen LogP contribution in [0, 0.1) is 23.6 Å². The van der Waals surface area contributed by atoms with Gasteiger partial charge in [-0.1, -0.05) is 39.3 Å². The van der Waals surface area contributed by atoms with Crippen LogP contribution in [0.2, 0.25) is 0 Å². The maximum Gasteiger partial charge on any atom is 0.123 e. The Morgan fingerprint density at radius 2 is 1.89 bits per heavy atom. The van der Waals surface area contributed by atoms with Gasteiger partial charge < -0.3 is 5.11 Å². The van der Waals surface area contributed by atoms with Gasteiger partial charge in [-0.2, -0.15) is 0 Å². The van der Waals surface area contributed by atoms with E-state index in [4.69, 9.17) is 0 Å². The van der Waals surface area contributed by atoms with E-state index in [1.807, 2.05) is 0 Å². The molecule has 0 heterocycles. The van der Waals surface area contributed by atoms with Crippen molar-refractivity contribution in [2.45, 2.75) is 52.1 Å². The molecule has 1 saturated carbocycles. The van der Waals surface area contributed by atoms with Crippen LogP contribution in [0.1, 0.15) is 45.6 Å². The quantitative estimate of drug-likeness (QED) is 0.868. The summed E-state index contributed by atoms with van der Waals surface area (Å²) in [5, 5.41) is 11.1. The smallest absolute Gasteiger partial charge is 0.123 e. The van der Waals surface area contributed by atoms with Crippen molar-refractivity contribution in [2.75, 3.05) is 0 Å². The summed E-state index contributed by atoms with van der Waals surface area (Å²) in [6, 6.07) is 6.55. The molecule has 0 bridgehead atoms. The first-order valence-electron chi connectivity index (χ1n) is 7.37. The molecule has 1 nitrogen and oxygen atoms in total. The van der Waals surface area contributed by atoms with Crippen LogP contribution in [0.15, 0.2) is 24.3 Å². The number of benzene rings is 1. The highest BCUT2D eigenvalue weighted by Crippen LogP contribution is 2.42. The van der Waals surface area contributed by atoms with Gasteiger partial charge in [-0.15, -0.1) is 0 Å². The standard InChI is InChI=1S/C17H25FO/c1-12(2)16-9-4-13(3)10-17(16,19)11-14-5-7-15(18)8-6-14/h5-8,12-13,16,19H,4,9-11H2,1-3H3. The van der Waals surface area contributed by atoms with Crippen molar-refractivity contribution in [3.8, 4) is 0 Å². The molecule has 1 aliphatic carbocycles. The highest BCUT2D eigenvalue weighted by atomic mass is 19.1. The van der Waals surface area contributed by atoms with Gasteiger partial charge in [0.2, 0.25) is 0 Å². The van der Waals surface area contributed by atoms with E-state index >= 15 is 0 Å². The minimum absolute atomic E-state index is 0.215. The van der Waals surface area contributed by atoms with E-state index in [0.717, 1.165) is 18.4 Å². The molecule has 3 atom stereocenters. The van der Waals surface area contributed by atoms with Gasteiger partial charge in [0.05, 0.1) is 5.60 Å². The topological polar surface area (TPSA) is 20.2 Å². The Labute approximate surface area is 115 Å². The second-order valence-electron chi connectivity index (χ2n) is 6.64. The fourth-order valence-electron chi connectivity index (χ4n) is 3.70. The van der Waals surface area contributed by atoms with Gasteiger partial charge in [0.1, 0.15) is 5.82 Å². The average molecular weight is 264 g/mol. The zero-order valence-corrected chi connectivity index (χ0v) is 12.2. The summed E-state index contributed by atoms with van der Waals surface area (Å²) in [5.74, 6) is 1.18. The second-order valence-corrected chi connectivity index (χ2v) is 6.64. The highest BCUT2D eigenvalue weighted by Gasteiger charge is 2.42. The maximum atomic E-state index is 13.0. The third-order valence-corrected chi connectivity index (χ3v) is 4.59. The number of hydrogen-bond donors (Lipinski definition) is 1. The van der Waals surface area contributed by atoms with Crippen LogP contribution >= 0.6 is 0 Å². The predicted molar refractivity (Wildman–Crippen MR) is 76.4 cm³/mol. The molecular weight excluding hydrogens is 239 g/mol. The summed E-state index contributed by atoms with van der Waals surface area (Å²) in [7, 11) is 0. The van der Waals surface area contributed by atoms with E-state index in [-0.39, 0.29) is 5.82 Å². The lowest BCUT2D eigenvalue weighted by atomic mass is 9.65. The summed E-state index contributed by atoms with van der Waals surface area (Å²) in [6.45, 7) is 6.60. The van der Waals surface area contributed by atoms with Gasteiger partial charge in [-0.05, 0) is 48.3 Å². The van der Waals surface area contributed by atoms with Crippen LogP contribution < -0.4 is 0 Å². The molecule has 1 fully saturated rings. The van der Waals surface area contributed by atoms with Crippen LogP contribution in [0.3, 0.4) is 0 Å². The summed E-state index contributed by atoms with van der Waals surface area (Å²) in [6.07, 6.45) is 3.79. The van der Waals surface area contributed by atoms with Crippen molar-refractivity contribution in [1.82, 2.24) is 0 Å². The molecule has 0 radical (unpaired) electrons. The van der Waals surface area contributed by atoms with Crippen molar-refractivity contribution in [2.24, 2.45) is 17.8 Å². The number of hydrogen-bond acceptors (Lipinski definition) is 1. The lowest BCUT2D eigenvalue weighted by Gasteiger charge is -2.45. The Bertz CT molecular complexity index is 412. The van der Waals surface area contributed by atoms with Crippen LogP contribution in [0.4, 0.5) is 4.39 Å². The zero-order chi connectivity index (χ0) is 14.0. The number of aliphatic hydroxyl groups is 1. The minimum Gasteiger partial charge on any atom is -0.389 e. The third kappa shape index (κ3) is 3.36. The first-order valence-corrected chi connectivity index (χ1v) is 7.37. The molecule has 1 aliphatic rings. The number of halogens is 1. The van der Waals surface area contributed by atoms with E-state index in [9.17, 15) is 9.50 Å². The molecule has 1 aromatic rings. The van der Waals surface area contributed by atoms with Gasteiger partial charge in [-0.3, -0.25) is 0 Å². The van der Waals surface area contributed by atoms with Gasteiger partial charge in [0.25, 0.3) is 0 Å². The third-order valence-electron chi connectivity index (χ3n) is 4.59. The van der Waals surface area contributed by atoms with Crippen molar-refractivity contribution in [1.29, 1.82) is 0 Å². The monoisotopic (exact) mass is 264 g/mol. The minimum atomic E-state index is -0.635. The van der Waals surface area contributed by atoms with Crippen LogP contribution in [0.5, 0.6) is 0 Å². The Hall–Kier alpha value is -0.890. The van der Waals surface area contributed by atoms with Gasteiger partial charge >= 0.3 is 0 Å². The molecule has 19 heavy (non-hydrogen) atoms. The Balaban J connectivity index is 2.19. The normalized spacial score (nSPS) is 31.7. The molecule has 0 spiro atoms. The molecule has 0 aromatic heterocycles. The van der Waals surface area contributed by atoms with Crippen LogP contribution in [0.25, 0.3) is 0 Å². The Morgan fingerprint density at radius 3 is 2.47 bits per heavy atom. The summed E-state index contributed by atoms with van der Waals surface area (Å²) in [5.41, 5.74) is 0.396. The maximum absolute atomic E-state index is 13.0. The summed E-state index contributed by atoms with van der Waals surface area (Å²) in [4.78, 5) is 0. The summed E-state index contributed by atoms with van der Waals surface area (Å²) < 4.78 is 13.0. The zero-order valence-electron chi connectivity index (χ0n) is 12.2. The first-order chi connectivity index (χ1) is 8.90. The van der Waals surface area contributed by atoms with Crippen LogP contribution in [-0.4, -0.2) is 10.7 Å². The summed E-state index contributed by atoms with van der Waals surface area (Å²) >= 11 is 0. The van der Waals surface area contributed by atoms with Gasteiger partial charge in [0.15, 0.2) is 0 Å².